The lowest BCUT2D eigenvalue weighted by Gasteiger charge is -2.19. The van der Waals surface area contributed by atoms with Crippen LogP contribution in [0.25, 0.3) is 10.2 Å². The summed E-state index contributed by atoms with van der Waals surface area (Å²) in [7, 11) is 0. The van der Waals surface area contributed by atoms with Crippen LogP contribution in [0.2, 0.25) is 5.02 Å². The molecule has 2 heterocycles. The third kappa shape index (κ3) is 5.03. The first-order valence-corrected chi connectivity index (χ1v) is 13.0. The second-order valence-electron chi connectivity index (χ2n) is 8.16. The molecule has 0 fully saturated rings. The van der Waals surface area contributed by atoms with Gasteiger partial charge in [-0.25, -0.2) is 9.97 Å². The van der Waals surface area contributed by atoms with Crippen molar-refractivity contribution in [1.82, 2.24) is 9.97 Å². The van der Waals surface area contributed by atoms with Crippen LogP contribution in [-0.2, 0) is 23.8 Å². The molecule has 4 aromatic rings. The van der Waals surface area contributed by atoms with Crippen molar-refractivity contribution in [3.8, 4) is 0 Å². The Balaban J connectivity index is 1.52. The zero-order valence-corrected chi connectivity index (χ0v) is 20.6. The fourth-order valence-electron chi connectivity index (χ4n) is 4.16. The maximum absolute atomic E-state index is 13.5. The van der Waals surface area contributed by atoms with Crippen molar-refractivity contribution in [1.29, 1.82) is 0 Å². The van der Waals surface area contributed by atoms with Gasteiger partial charge >= 0.3 is 6.18 Å². The molecule has 1 amide bonds. The van der Waals surface area contributed by atoms with Gasteiger partial charge in [-0.2, -0.15) is 13.2 Å². The summed E-state index contributed by atoms with van der Waals surface area (Å²) >= 11 is 9.07. The molecule has 0 radical (unpaired) electrons. The van der Waals surface area contributed by atoms with Gasteiger partial charge in [-0.15, -0.1) is 11.3 Å². The first kappa shape index (κ1) is 24.1. The lowest BCUT2D eigenvalue weighted by Crippen LogP contribution is -2.20. The van der Waals surface area contributed by atoms with Crippen LogP contribution in [0.1, 0.15) is 39.7 Å². The van der Waals surface area contributed by atoms with Crippen molar-refractivity contribution in [2.75, 3.05) is 5.32 Å². The highest BCUT2D eigenvalue weighted by atomic mass is 35.5. The van der Waals surface area contributed by atoms with Crippen molar-refractivity contribution in [2.45, 2.75) is 42.1 Å². The lowest BCUT2D eigenvalue weighted by molar-refractivity contribution is -0.137. The minimum atomic E-state index is -4.55. The van der Waals surface area contributed by atoms with Crippen LogP contribution in [0.5, 0.6) is 0 Å². The highest BCUT2D eigenvalue weighted by molar-refractivity contribution is 8.00. The summed E-state index contributed by atoms with van der Waals surface area (Å²) in [6, 6.07) is 12.0. The molecule has 180 valence electrons. The van der Waals surface area contributed by atoms with E-state index in [0.29, 0.717) is 10.6 Å². The molecule has 0 unspecified atom stereocenters. The van der Waals surface area contributed by atoms with Crippen LogP contribution in [0.15, 0.2) is 59.9 Å². The molecule has 5 rings (SSSR count). The van der Waals surface area contributed by atoms with Crippen molar-refractivity contribution >= 4 is 56.5 Å². The summed E-state index contributed by atoms with van der Waals surface area (Å²) in [6.45, 7) is 0. The molecule has 0 aliphatic heterocycles. The number of nitrogens with zero attached hydrogens (tertiary/aromatic N) is 2. The number of carbonyl (C=O) groups excluding carboxylic acids is 1. The minimum absolute atomic E-state index is 0.0273. The molecule has 4 nitrogen and oxygen atoms in total. The van der Waals surface area contributed by atoms with E-state index in [4.69, 9.17) is 11.6 Å². The van der Waals surface area contributed by atoms with Gasteiger partial charge in [0.2, 0.25) is 5.91 Å². The summed E-state index contributed by atoms with van der Waals surface area (Å²) in [5.41, 5.74) is 0.971. The normalized spacial score (nSPS) is 14.5. The summed E-state index contributed by atoms with van der Waals surface area (Å²) in [4.78, 5) is 24.6. The van der Waals surface area contributed by atoms with E-state index in [0.717, 1.165) is 54.1 Å². The topological polar surface area (TPSA) is 54.9 Å². The van der Waals surface area contributed by atoms with E-state index in [1.807, 2.05) is 30.3 Å². The summed E-state index contributed by atoms with van der Waals surface area (Å²) < 4.78 is 39.7. The number of anilines is 1. The molecule has 0 spiro atoms. The third-order valence-electron chi connectivity index (χ3n) is 5.84. The van der Waals surface area contributed by atoms with E-state index >= 15 is 0 Å². The van der Waals surface area contributed by atoms with E-state index in [2.05, 4.69) is 15.3 Å². The summed E-state index contributed by atoms with van der Waals surface area (Å²) in [5, 5.41) is 3.54. The highest BCUT2D eigenvalue weighted by Crippen LogP contribution is 2.44. The fraction of sp³-hybridized carbons (Fsp3) is 0.240. The van der Waals surface area contributed by atoms with Crippen LogP contribution < -0.4 is 5.32 Å². The number of carbonyl (C=O) groups is 1. The molecule has 35 heavy (non-hydrogen) atoms. The van der Waals surface area contributed by atoms with Gasteiger partial charge in [0.25, 0.3) is 0 Å². The number of benzene rings is 2. The minimum Gasteiger partial charge on any atom is -0.323 e. The average Bonchev–Trinajstić information content (AvgIpc) is 3.23. The Labute approximate surface area is 212 Å². The zero-order valence-electron chi connectivity index (χ0n) is 18.2. The maximum Gasteiger partial charge on any atom is 0.416 e. The molecule has 1 aliphatic carbocycles. The van der Waals surface area contributed by atoms with Crippen LogP contribution in [0.4, 0.5) is 18.9 Å². The number of amides is 1. The van der Waals surface area contributed by atoms with E-state index in [-0.39, 0.29) is 10.7 Å². The molecule has 2 aromatic heterocycles. The van der Waals surface area contributed by atoms with Gasteiger partial charge in [0, 0.05) is 10.3 Å². The van der Waals surface area contributed by atoms with E-state index < -0.39 is 22.9 Å². The fourth-order valence-corrected chi connectivity index (χ4v) is 6.75. The van der Waals surface area contributed by atoms with Gasteiger partial charge in [-0.1, -0.05) is 53.7 Å². The van der Waals surface area contributed by atoms with Gasteiger partial charge in [0.05, 0.1) is 16.3 Å². The van der Waals surface area contributed by atoms with Gasteiger partial charge in [-0.3, -0.25) is 4.79 Å². The Morgan fingerprint density at radius 2 is 1.86 bits per heavy atom. The lowest BCUT2D eigenvalue weighted by atomic mass is 9.97. The van der Waals surface area contributed by atoms with Crippen LogP contribution in [0.3, 0.4) is 0 Å². The molecular formula is C25H19ClF3N3OS2. The summed E-state index contributed by atoms with van der Waals surface area (Å²) in [6.07, 6.45) is 1.13. The Morgan fingerprint density at radius 3 is 2.63 bits per heavy atom. The standard InChI is InChI=1S/C25H19ClF3N3OS2/c26-17-11-10-15(25(27,28)29)12-18(17)32-22(33)21(14-6-2-1-3-7-14)35-24-20-16-8-4-5-9-19(16)34-23(20)30-13-31-24/h1-3,6-7,10-13,21H,4-5,8-9H2,(H,32,33)/t21-/m1/s1. The number of halogens is 4. The number of alkyl halides is 3. The number of aryl methyl sites for hydroxylation is 2. The van der Waals surface area contributed by atoms with Gasteiger partial charge < -0.3 is 5.32 Å². The first-order chi connectivity index (χ1) is 16.8. The predicted molar refractivity (Wildman–Crippen MR) is 134 cm³/mol. The third-order valence-corrected chi connectivity index (χ3v) is 8.62. The Hall–Kier alpha value is -2.62. The van der Waals surface area contributed by atoms with E-state index in [1.54, 1.807) is 11.3 Å². The molecule has 10 heteroatoms. The quantitative estimate of drug-likeness (QED) is 0.211. The van der Waals surface area contributed by atoms with Crippen molar-refractivity contribution < 1.29 is 18.0 Å². The van der Waals surface area contributed by atoms with Gasteiger partial charge in [-0.05, 0) is 55.0 Å². The molecule has 1 N–H and O–H groups in total. The molecule has 0 saturated heterocycles. The Kier molecular flexibility index (Phi) is 6.74. The van der Waals surface area contributed by atoms with Crippen molar-refractivity contribution in [2.24, 2.45) is 0 Å². The van der Waals surface area contributed by atoms with Gasteiger partial charge in [0.1, 0.15) is 21.4 Å². The smallest absolute Gasteiger partial charge is 0.323 e. The second kappa shape index (κ2) is 9.79. The van der Waals surface area contributed by atoms with E-state index in [9.17, 15) is 18.0 Å². The number of thiophene rings is 1. The monoisotopic (exact) mass is 533 g/mol. The van der Waals surface area contributed by atoms with Crippen molar-refractivity contribution in [3.63, 3.8) is 0 Å². The molecule has 1 atom stereocenters. The Morgan fingerprint density at radius 1 is 1.09 bits per heavy atom. The van der Waals surface area contributed by atoms with Crippen LogP contribution in [0, 0.1) is 0 Å². The molecular weight excluding hydrogens is 515 g/mol. The zero-order chi connectivity index (χ0) is 24.6. The number of aromatic nitrogens is 2. The van der Waals surface area contributed by atoms with Crippen LogP contribution >= 0.6 is 34.7 Å². The number of hydrogen-bond acceptors (Lipinski definition) is 5. The predicted octanol–water partition coefficient (Wildman–Crippen LogP) is 7.71. The number of rotatable bonds is 5. The SMILES string of the molecule is O=C(Nc1cc(C(F)(F)F)ccc1Cl)[C@H](Sc1ncnc2sc3c(c12)CCCC3)c1ccccc1. The highest BCUT2D eigenvalue weighted by Gasteiger charge is 2.32. The van der Waals surface area contributed by atoms with Gasteiger partial charge in [0.15, 0.2) is 0 Å². The molecule has 0 saturated carbocycles. The summed E-state index contributed by atoms with van der Waals surface area (Å²) in [5.74, 6) is -0.488. The second-order valence-corrected chi connectivity index (χ2v) is 10.7. The van der Waals surface area contributed by atoms with Crippen molar-refractivity contribution in [3.05, 3.63) is 81.4 Å². The number of fused-ring (bicyclic) bond motifs is 3. The molecule has 2 aromatic carbocycles. The first-order valence-electron chi connectivity index (χ1n) is 11.0. The largest absolute Gasteiger partial charge is 0.416 e. The van der Waals surface area contributed by atoms with Crippen LogP contribution in [-0.4, -0.2) is 15.9 Å². The molecule has 0 bridgehead atoms. The number of thioether (sulfide) groups is 1. The Bertz CT molecular complexity index is 1390. The number of hydrogen-bond donors (Lipinski definition) is 1. The van der Waals surface area contributed by atoms with E-state index in [1.165, 1.54) is 28.5 Å². The number of nitrogens with one attached hydrogen (secondary N) is 1. The average molecular weight is 534 g/mol. The molecule has 1 aliphatic rings. The maximum atomic E-state index is 13.5.